The van der Waals surface area contributed by atoms with Crippen LogP contribution in [0.3, 0.4) is 0 Å². The van der Waals surface area contributed by atoms with Gasteiger partial charge in [0.1, 0.15) is 17.0 Å². The van der Waals surface area contributed by atoms with Crippen molar-refractivity contribution in [2.45, 2.75) is 12.5 Å². The second-order valence-electron chi connectivity index (χ2n) is 6.67. The quantitative estimate of drug-likeness (QED) is 0.613. The zero-order valence-corrected chi connectivity index (χ0v) is 14.7. The number of aliphatic hydroxyl groups is 1. The van der Waals surface area contributed by atoms with E-state index in [1.165, 1.54) is 11.6 Å². The molecule has 0 saturated carbocycles. The highest BCUT2D eigenvalue weighted by Gasteiger charge is 2.34. The lowest BCUT2D eigenvalue weighted by Gasteiger charge is -2.25. The molecule has 2 heterocycles. The summed E-state index contributed by atoms with van der Waals surface area (Å²) in [6.45, 7) is 2.67. The molecule has 26 heavy (non-hydrogen) atoms. The van der Waals surface area contributed by atoms with E-state index in [0.29, 0.717) is 42.4 Å². The van der Waals surface area contributed by atoms with Crippen LogP contribution in [0.2, 0.25) is 0 Å². The summed E-state index contributed by atoms with van der Waals surface area (Å²) in [5, 5.41) is 16.8. The number of carbonyl (C=O) groups is 2. The number of benzene rings is 1. The summed E-state index contributed by atoms with van der Waals surface area (Å²) < 4.78 is 12.3. The van der Waals surface area contributed by atoms with Crippen LogP contribution in [-0.2, 0) is 16.6 Å². The van der Waals surface area contributed by atoms with E-state index < -0.39 is 24.0 Å². The molecule has 140 valence electrons. The Hall–Kier alpha value is -2.65. The monoisotopic (exact) mass is 362 g/mol. The minimum atomic E-state index is -1.56. The predicted octanol–water partition coefficient (Wildman–Crippen LogP) is -0.435. The molecule has 9 nitrogen and oxygen atoms in total. The van der Waals surface area contributed by atoms with Crippen molar-refractivity contribution in [1.82, 2.24) is 15.1 Å². The molecular formula is C17H22N4O5. The second-order valence-corrected chi connectivity index (χ2v) is 6.67. The van der Waals surface area contributed by atoms with Crippen molar-refractivity contribution in [2.75, 3.05) is 26.4 Å². The molecule has 1 atom stereocenters. The van der Waals surface area contributed by atoms with E-state index in [1.54, 1.807) is 25.2 Å². The molecule has 2 aromatic rings. The number of amides is 2. The Balaban J connectivity index is 1.87. The highest BCUT2D eigenvalue weighted by atomic mass is 16.5. The number of hydrogen-bond acceptors (Lipinski definition) is 6. The Morgan fingerprint density at radius 1 is 1.50 bits per heavy atom. The number of nitrogens with two attached hydrogens (primary N) is 1. The molecule has 0 bridgehead atoms. The van der Waals surface area contributed by atoms with Crippen LogP contribution in [0.15, 0.2) is 18.2 Å². The molecule has 1 aliphatic rings. The molecular weight excluding hydrogens is 340 g/mol. The van der Waals surface area contributed by atoms with Crippen molar-refractivity contribution < 1.29 is 24.2 Å². The third-order valence-electron chi connectivity index (χ3n) is 4.46. The molecule has 1 aromatic heterocycles. The zero-order valence-electron chi connectivity index (χ0n) is 14.7. The molecule has 1 unspecified atom stereocenters. The maximum Gasteiger partial charge on any atom is 0.271 e. The van der Waals surface area contributed by atoms with E-state index in [0.717, 1.165) is 0 Å². The molecule has 0 spiro atoms. The van der Waals surface area contributed by atoms with E-state index in [9.17, 15) is 14.7 Å². The number of nitrogens with one attached hydrogen (secondary N) is 1. The molecule has 4 N–H and O–H groups in total. The first kappa shape index (κ1) is 18.2. The maximum atomic E-state index is 12.7. The van der Waals surface area contributed by atoms with Gasteiger partial charge in [-0.2, -0.15) is 5.10 Å². The first-order chi connectivity index (χ1) is 12.3. The minimum Gasteiger partial charge on any atom is -0.493 e. The van der Waals surface area contributed by atoms with E-state index in [2.05, 4.69) is 10.4 Å². The lowest BCUT2D eigenvalue weighted by Crippen LogP contribution is -2.58. The maximum absolute atomic E-state index is 12.7. The summed E-state index contributed by atoms with van der Waals surface area (Å²) in [6, 6.07) is 5.28. The first-order valence-corrected chi connectivity index (χ1v) is 8.24. The summed E-state index contributed by atoms with van der Waals surface area (Å²) in [5.74, 6) is -0.393. The van der Waals surface area contributed by atoms with E-state index in [1.807, 2.05) is 0 Å². The first-order valence-electron chi connectivity index (χ1n) is 8.24. The Bertz CT molecular complexity index is 845. The number of fused-ring (bicyclic) bond motifs is 1. The number of aromatic nitrogens is 2. The fourth-order valence-electron chi connectivity index (χ4n) is 2.62. The SMILES string of the molecule is Cn1nc2ccc(OCC3COC3)cc2c1C(=O)NC(C)(CO)C(N)=O. The van der Waals surface area contributed by atoms with Gasteiger partial charge in [-0.25, -0.2) is 0 Å². The number of hydrogen-bond donors (Lipinski definition) is 3. The molecule has 1 aromatic carbocycles. The summed E-state index contributed by atoms with van der Waals surface area (Å²) >= 11 is 0. The number of aliphatic hydroxyl groups excluding tert-OH is 1. The largest absolute Gasteiger partial charge is 0.493 e. The number of aryl methyl sites for hydroxylation is 1. The van der Waals surface area contributed by atoms with Gasteiger partial charge in [-0.15, -0.1) is 0 Å². The van der Waals surface area contributed by atoms with Gasteiger partial charge in [0, 0.05) is 18.4 Å². The Morgan fingerprint density at radius 2 is 2.23 bits per heavy atom. The van der Waals surface area contributed by atoms with Gasteiger partial charge in [-0.3, -0.25) is 14.3 Å². The van der Waals surface area contributed by atoms with Crippen LogP contribution in [-0.4, -0.2) is 58.7 Å². The fourth-order valence-corrected chi connectivity index (χ4v) is 2.62. The van der Waals surface area contributed by atoms with Crippen molar-refractivity contribution in [2.24, 2.45) is 18.7 Å². The normalized spacial score (nSPS) is 16.7. The van der Waals surface area contributed by atoms with E-state index >= 15 is 0 Å². The highest BCUT2D eigenvalue weighted by Crippen LogP contribution is 2.25. The molecule has 1 saturated heterocycles. The van der Waals surface area contributed by atoms with Crippen LogP contribution >= 0.6 is 0 Å². The van der Waals surface area contributed by atoms with E-state index in [-0.39, 0.29) is 5.69 Å². The summed E-state index contributed by atoms with van der Waals surface area (Å²) in [7, 11) is 1.63. The van der Waals surface area contributed by atoms with Gasteiger partial charge < -0.3 is 25.6 Å². The van der Waals surface area contributed by atoms with Gasteiger partial charge in [0.05, 0.1) is 31.9 Å². The molecule has 0 radical (unpaired) electrons. The molecule has 3 rings (SSSR count). The standard InChI is InChI=1S/C17H22N4O5/c1-17(9-22,16(18)24)19-15(23)14-12-5-11(26-8-10-6-25-7-10)3-4-13(12)20-21(14)2/h3-5,10,22H,6-9H2,1-2H3,(H2,18,24)(H,19,23). The van der Waals surface area contributed by atoms with Crippen LogP contribution in [0.5, 0.6) is 5.75 Å². The van der Waals surface area contributed by atoms with Crippen LogP contribution < -0.4 is 15.8 Å². The average molecular weight is 362 g/mol. The number of rotatable bonds is 7. The molecule has 1 fully saturated rings. The lowest BCUT2D eigenvalue weighted by atomic mass is 10.0. The highest BCUT2D eigenvalue weighted by molar-refractivity contribution is 6.07. The van der Waals surface area contributed by atoms with Crippen molar-refractivity contribution in [1.29, 1.82) is 0 Å². The van der Waals surface area contributed by atoms with Crippen LogP contribution in [0.25, 0.3) is 10.9 Å². The number of nitrogens with zero attached hydrogens (tertiary/aromatic N) is 2. The van der Waals surface area contributed by atoms with Gasteiger partial charge >= 0.3 is 0 Å². The smallest absolute Gasteiger partial charge is 0.271 e. The summed E-state index contributed by atoms with van der Waals surface area (Å²) in [4.78, 5) is 24.2. The van der Waals surface area contributed by atoms with Gasteiger partial charge in [-0.05, 0) is 25.1 Å². The third kappa shape index (κ3) is 3.35. The van der Waals surface area contributed by atoms with Crippen molar-refractivity contribution in [3.63, 3.8) is 0 Å². The summed E-state index contributed by atoms with van der Waals surface area (Å²) in [5.41, 5.74) is 4.58. The van der Waals surface area contributed by atoms with E-state index in [4.69, 9.17) is 15.2 Å². The number of primary amides is 1. The molecule has 9 heteroatoms. The van der Waals surface area contributed by atoms with Crippen LogP contribution in [0.1, 0.15) is 17.4 Å². The molecule has 1 aliphatic heterocycles. The Labute approximate surface area is 150 Å². The van der Waals surface area contributed by atoms with Crippen molar-refractivity contribution >= 4 is 22.7 Å². The topological polar surface area (TPSA) is 129 Å². The van der Waals surface area contributed by atoms with Gasteiger partial charge in [0.15, 0.2) is 0 Å². The zero-order chi connectivity index (χ0) is 18.9. The molecule has 2 amide bonds. The number of carbonyl (C=O) groups excluding carboxylic acids is 2. The summed E-state index contributed by atoms with van der Waals surface area (Å²) in [6.07, 6.45) is 0. The van der Waals surface area contributed by atoms with Gasteiger partial charge in [0.25, 0.3) is 5.91 Å². The van der Waals surface area contributed by atoms with Gasteiger partial charge in [0.2, 0.25) is 5.91 Å². The van der Waals surface area contributed by atoms with Crippen molar-refractivity contribution in [3.05, 3.63) is 23.9 Å². The minimum absolute atomic E-state index is 0.248. The number of ether oxygens (including phenoxy) is 2. The second kappa shape index (κ2) is 6.93. The van der Waals surface area contributed by atoms with Crippen LogP contribution in [0.4, 0.5) is 0 Å². The molecule has 0 aliphatic carbocycles. The van der Waals surface area contributed by atoms with Gasteiger partial charge in [-0.1, -0.05) is 0 Å². The lowest BCUT2D eigenvalue weighted by molar-refractivity contribution is -0.124. The fraction of sp³-hybridized carbons (Fsp3) is 0.471. The Kier molecular flexibility index (Phi) is 4.84. The van der Waals surface area contributed by atoms with Crippen LogP contribution in [0, 0.1) is 5.92 Å². The predicted molar refractivity (Wildman–Crippen MR) is 92.7 cm³/mol. The third-order valence-corrected chi connectivity index (χ3v) is 4.46. The Morgan fingerprint density at radius 3 is 2.81 bits per heavy atom. The van der Waals surface area contributed by atoms with Crippen molar-refractivity contribution in [3.8, 4) is 5.75 Å². The average Bonchev–Trinajstić information content (AvgIpc) is 2.88.